The zero-order valence-corrected chi connectivity index (χ0v) is 8.47. The molecule has 2 heterocycles. The number of amides is 1. The van der Waals surface area contributed by atoms with Gasteiger partial charge in [0, 0.05) is 19.0 Å². The van der Waals surface area contributed by atoms with E-state index in [1.807, 2.05) is 0 Å². The van der Waals surface area contributed by atoms with Crippen molar-refractivity contribution >= 4 is 6.09 Å². The van der Waals surface area contributed by atoms with Crippen LogP contribution in [0.1, 0.15) is 6.42 Å². The van der Waals surface area contributed by atoms with Gasteiger partial charge in [-0.1, -0.05) is 0 Å². The van der Waals surface area contributed by atoms with E-state index < -0.39 is 11.9 Å². The minimum Gasteiger partial charge on any atom is -0.472 e. The summed E-state index contributed by atoms with van der Waals surface area (Å²) >= 11 is 0. The van der Waals surface area contributed by atoms with E-state index >= 15 is 0 Å². The van der Waals surface area contributed by atoms with E-state index in [0.717, 1.165) is 6.20 Å². The molecule has 2 rings (SSSR count). The fourth-order valence-electron chi connectivity index (χ4n) is 1.60. The van der Waals surface area contributed by atoms with Crippen LogP contribution in [0.5, 0.6) is 5.88 Å². The normalized spacial score (nSPS) is 19.8. The second-order valence-electron chi connectivity index (χ2n) is 3.57. The molecule has 1 fully saturated rings. The molecule has 1 aliphatic heterocycles. The minimum atomic E-state index is -0.946. The van der Waals surface area contributed by atoms with Crippen molar-refractivity contribution in [3.8, 4) is 5.88 Å². The molecule has 0 saturated carbocycles. The Morgan fingerprint density at radius 3 is 3.00 bits per heavy atom. The number of halogens is 1. The molecule has 1 saturated heterocycles. The number of ether oxygens (including phenoxy) is 1. The Bertz CT molecular complexity index is 382. The van der Waals surface area contributed by atoms with Gasteiger partial charge in [0.15, 0.2) is 0 Å². The van der Waals surface area contributed by atoms with Crippen molar-refractivity contribution < 1.29 is 19.0 Å². The van der Waals surface area contributed by atoms with Gasteiger partial charge in [-0.05, 0) is 6.07 Å². The summed E-state index contributed by atoms with van der Waals surface area (Å²) in [5.41, 5.74) is 0. The SMILES string of the molecule is O=C(O)N1CC[C@H](Oc2ccc(F)cn2)C1. The molecular formula is C10H11FN2O3. The highest BCUT2D eigenvalue weighted by Crippen LogP contribution is 2.16. The summed E-state index contributed by atoms with van der Waals surface area (Å²) in [6.45, 7) is 0.787. The van der Waals surface area contributed by atoms with Gasteiger partial charge in [-0.15, -0.1) is 0 Å². The minimum absolute atomic E-state index is 0.200. The summed E-state index contributed by atoms with van der Waals surface area (Å²) in [5, 5.41) is 8.74. The summed E-state index contributed by atoms with van der Waals surface area (Å²) in [5.74, 6) is -0.107. The standard InChI is InChI=1S/C10H11FN2O3/c11-7-1-2-9(12-5-7)16-8-3-4-13(6-8)10(14)15/h1-2,5,8H,3-4,6H2,(H,14,15)/t8-/m0/s1. The highest BCUT2D eigenvalue weighted by Gasteiger charge is 2.27. The molecule has 0 aliphatic carbocycles. The average molecular weight is 226 g/mol. The van der Waals surface area contributed by atoms with Gasteiger partial charge in [0.25, 0.3) is 0 Å². The number of nitrogens with zero attached hydrogens (tertiary/aromatic N) is 2. The lowest BCUT2D eigenvalue weighted by molar-refractivity contribution is 0.144. The summed E-state index contributed by atoms with van der Waals surface area (Å²) in [6.07, 6.45) is 0.553. The maximum absolute atomic E-state index is 12.6. The van der Waals surface area contributed by atoms with E-state index in [-0.39, 0.29) is 6.10 Å². The number of rotatable bonds is 2. The average Bonchev–Trinajstić information content (AvgIpc) is 2.70. The molecule has 16 heavy (non-hydrogen) atoms. The maximum Gasteiger partial charge on any atom is 0.407 e. The molecule has 6 heteroatoms. The molecule has 1 aromatic heterocycles. The van der Waals surface area contributed by atoms with Crippen LogP contribution in [0, 0.1) is 5.82 Å². The largest absolute Gasteiger partial charge is 0.472 e. The summed E-state index contributed by atoms with van der Waals surface area (Å²) in [6, 6.07) is 2.69. The Morgan fingerprint density at radius 2 is 2.44 bits per heavy atom. The summed E-state index contributed by atoms with van der Waals surface area (Å²) in [7, 11) is 0. The first kappa shape index (κ1) is 10.7. The highest BCUT2D eigenvalue weighted by atomic mass is 19.1. The number of hydrogen-bond acceptors (Lipinski definition) is 3. The molecule has 0 bridgehead atoms. The number of carbonyl (C=O) groups is 1. The van der Waals surface area contributed by atoms with Crippen molar-refractivity contribution in [2.24, 2.45) is 0 Å². The summed E-state index contributed by atoms with van der Waals surface area (Å²) in [4.78, 5) is 15.7. The molecule has 0 unspecified atom stereocenters. The topological polar surface area (TPSA) is 62.7 Å². The molecule has 0 aromatic carbocycles. The molecule has 5 nitrogen and oxygen atoms in total. The lowest BCUT2D eigenvalue weighted by Gasteiger charge is -2.13. The van der Waals surface area contributed by atoms with Gasteiger partial charge in [0.1, 0.15) is 11.9 Å². The van der Waals surface area contributed by atoms with Crippen LogP contribution in [-0.2, 0) is 0 Å². The monoisotopic (exact) mass is 226 g/mol. The second kappa shape index (κ2) is 4.34. The number of carboxylic acid groups (broad SMARTS) is 1. The fraction of sp³-hybridized carbons (Fsp3) is 0.400. The van der Waals surface area contributed by atoms with Crippen LogP contribution in [0.15, 0.2) is 18.3 Å². The molecule has 1 atom stereocenters. The first-order valence-electron chi connectivity index (χ1n) is 4.91. The van der Waals surface area contributed by atoms with Crippen LogP contribution in [0.4, 0.5) is 9.18 Å². The highest BCUT2D eigenvalue weighted by molar-refractivity contribution is 5.65. The van der Waals surface area contributed by atoms with Gasteiger partial charge in [0.05, 0.1) is 12.7 Å². The Morgan fingerprint density at radius 1 is 1.62 bits per heavy atom. The van der Waals surface area contributed by atoms with Gasteiger partial charge >= 0.3 is 6.09 Å². The van der Waals surface area contributed by atoms with Gasteiger partial charge in [-0.3, -0.25) is 0 Å². The van der Waals surface area contributed by atoms with Gasteiger partial charge in [-0.2, -0.15) is 0 Å². The summed E-state index contributed by atoms with van der Waals surface area (Å²) < 4.78 is 18.0. The van der Waals surface area contributed by atoms with E-state index in [2.05, 4.69) is 4.98 Å². The van der Waals surface area contributed by atoms with Crippen molar-refractivity contribution in [2.75, 3.05) is 13.1 Å². The molecule has 1 amide bonds. The lowest BCUT2D eigenvalue weighted by atomic mass is 10.3. The molecule has 0 radical (unpaired) electrons. The van der Waals surface area contributed by atoms with Crippen molar-refractivity contribution in [1.82, 2.24) is 9.88 Å². The molecule has 0 spiro atoms. The van der Waals surface area contributed by atoms with E-state index in [1.165, 1.54) is 17.0 Å². The Balaban J connectivity index is 1.92. The quantitative estimate of drug-likeness (QED) is 0.826. The van der Waals surface area contributed by atoms with Gasteiger partial charge in [0.2, 0.25) is 5.88 Å². The lowest BCUT2D eigenvalue weighted by Crippen LogP contribution is -2.29. The van der Waals surface area contributed by atoms with Crippen LogP contribution in [0.3, 0.4) is 0 Å². The second-order valence-corrected chi connectivity index (χ2v) is 3.57. The molecule has 1 aromatic rings. The van der Waals surface area contributed by atoms with Crippen molar-refractivity contribution in [3.05, 3.63) is 24.1 Å². The third-order valence-electron chi connectivity index (χ3n) is 2.40. The van der Waals surface area contributed by atoms with Gasteiger partial charge < -0.3 is 14.7 Å². The predicted octanol–water partition coefficient (Wildman–Crippen LogP) is 1.35. The van der Waals surface area contributed by atoms with Crippen LogP contribution < -0.4 is 4.74 Å². The first-order valence-corrected chi connectivity index (χ1v) is 4.91. The van der Waals surface area contributed by atoms with Crippen molar-refractivity contribution in [2.45, 2.75) is 12.5 Å². The fourth-order valence-corrected chi connectivity index (χ4v) is 1.60. The Labute approximate surface area is 91.5 Å². The first-order chi connectivity index (χ1) is 7.65. The smallest absolute Gasteiger partial charge is 0.407 e. The van der Waals surface area contributed by atoms with Crippen LogP contribution >= 0.6 is 0 Å². The van der Waals surface area contributed by atoms with E-state index in [1.54, 1.807) is 0 Å². The van der Waals surface area contributed by atoms with E-state index in [9.17, 15) is 9.18 Å². The predicted molar refractivity (Wildman–Crippen MR) is 52.8 cm³/mol. The number of aromatic nitrogens is 1. The van der Waals surface area contributed by atoms with E-state index in [0.29, 0.717) is 25.4 Å². The van der Waals surface area contributed by atoms with Crippen LogP contribution in [-0.4, -0.2) is 40.3 Å². The van der Waals surface area contributed by atoms with Crippen molar-refractivity contribution in [3.63, 3.8) is 0 Å². The molecule has 86 valence electrons. The van der Waals surface area contributed by atoms with Crippen LogP contribution in [0.25, 0.3) is 0 Å². The third kappa shape index (κ3) is 2.39. The Hall–Kier alpha value is -1.85. The number of likely N-dealkylation sites (tertiary alicyclic amines) is 1. The zero-order valence-electron chi connectivity index (χ0n) is 8.47. The molecule has 1 N–H and O–H groups in total. The van der Waals surface area contributed by atoms with Crippen LogP contribution in [0.2, 0.25) is 0 Å². The van der Waals surface area contributed by atoms with Crippen molar-refractivity contribution in [1.29, 1.82) is 0 Å². The number of pyridine rings is 1. The Kier molecular flexibility index (Phi) is 2.89. The van der Waals surface area contributed by atoms with Gasteiger partial charge in [-0.25, -0.2) is 14.2 Å². The maximum atomic E-state index is 12.6. The molecular weight excluding hydrogens is 215 g/mol. The third-order valence-corrected chi connectivity index (χ3v) is 2.40. The number of hydrogen-bond donors (Lipinski definition) is 1. The zero-order chi connectivity index (χ0) is 11.5. The van der Waals surface area contributed by atoms with E-state index in [4.69, 9.17) is 9.84 Å². The molecule has 1 aliphatic rings.